The highest BCUT2D eigenvalue weighted by Gasteiger charge is 2.41. The van der Waals surface area contributed by atoms with Crippen LogP contribution in [0.25, 0.3) is 0 Å². The number of aliphatic hydroxyl groups is 1. The maximum Gasteiger partial charge on any atom is 0.0583 e. The predicted octanol–water partition coefficient (Wildman–Crippen LogP) is 1.44. The largest absolute Gasteiger partial charge is 0.393 e. The zero-order valence-electron chi connectivity index (χ0n) is 8.98. The van der Waals surface area contributed by atoms with E-state index in [0.717, 1.165) is 18.9 Å². The lowest BCUT2D eigenvalue weighted by Crippen LogP contribution is -2.26. The highest BCUT2D eigenvalue weighted by molar-refractivity contribution is 7.99. The van der Waals surface area contributed by atoms with Crippen LogP contribution in [0.4, 0.5) is 0 Å². The Labute approximate surface area is 91.1 Å². The summed E-state index contributed by atoms with van der Waals surface area (Å²) in [5, 5.41) is 9.76. The van der Waals surface area contributed by atoms with Gasteiger partial charge in [-0.1, -0.05) is 6.92 Å². The lowest BCUT2D eigenvalue weighted by atomic mass is 10.00. The third-order valence-corrected chi connectivity index (χ3v) is 4.53. The van der Waals surface area contributed by atoms with Crippen molar-refractivity contribution in [3.63, 3.8) is 0 Å². The molecule has 0 amide bonds. The van der Waals surface area contributed by atoms with Gasteiger partial charge < -0.3 is 10.0 Å². The van der Waals surface area contributed by atoms with Crippen molar-refractivity contribution >= 4 is 11.8 Å². The van der Waals surface area contributed by atoms with Crippen LogP contribution in [0.15, 0.2) is 0 Å². The number of hydrogen-bond donors (Lipinski definition) is 1. The van der Waals surface area contributed by atoms with Crippen LogP contribution in [-0.2, 0) is 0 Å². The second-order valence-corrected chi connectivity index (χ2v) is 5.92. The van der Waals surface area contributed by atoms with Crippen LogP contribution in [0.3, 0.4) is 0 Å². The molecule has 82 valence electrons. The summed E-state index contributed by atoms with van der Waals surface area (Å²) >= 11 is 2.02. The maximum absolute atomic E-state index is 9.76. The van der Waals surface area contributed by atoms with Gasteiger partial charge in [0.1, 0.15) is 0 Å². The van der Waals surface area contributed by atoms with Crippen LogP contribution in [-0.4, -0.2) is 47.3 Å². The Morgan fingerprint density at radius 3 is 2.93 bits per heavy atom. The molecule has 14 heavy (non-hydrogen) atoms. The summed E-state index contributed by atoms with van der Waals surface area (Å²) in [5.74, 6) is 3.88. The van der Waals surface area contributed by atoms with E-state index in [2.05, 4.69) is 11.8 Å². The van der Waals surface area contributed by atoms with Crippen LogP contribution < -0.4 is 0 Å². The third kappa shape index (κ3) is 2.26. The zero-order valence-corrected chi connectivity index (χ0v) is 9.80. The third-order valence-electron chi connectivity index (χ3n) is 3.65. The smallest absolute Gasteiger partial charge is 0.0583 e. The van der Waals surface area contributed by atoms with Gasteiger partial charge in [0.2, 0.25) is 0 Å². The van der Waals surface area contributed by atoms with Crippen molar-refractivity contribution in [3.05, 3.63) is 0 Å². The molecular formula is C11H21NOS. The molecule has 0 aromatic carbocycles. The Morgan fingerprint density at radius 2 is 2.21 bits per heavy atom. The molecule has 2 nitrogen and oxygen atoms in total. The van der Waals surface area contributed by atoms with E-state index >= 15 is 0 Å². The Morgan fingerprint density at radius 1 is 1.36 bits per heavy atom. The van der Waals surface area contributed by atoms with Crippen molar-refractivity contribution < 1.29 is 5.11 Å². The van der Waals surface area contributed by atoms with E-state index in [-0.39, 0.29) is 6.10 Å². The van der Waals surface area contributed by atoms with Gasteiger partial charge in [-0.05, 0) is 24.5 Å². The van der Waals surface area contributed by atoms with Crippen molar-refractivity contribution in [3.8, 4) is 0 Å². The Kier molecular flexibility index (Phi) is 3.74. The van der Waals surface area contributed by atoms with Crippen LogP contribution in [0.1, 0.15) is 19.8 Å². The first kappa shape index (κ1) is 10.8. The molecule has 0 aromatic rings. The zero-order chi connectivity index (χ0) is 9.97. The minimum atomic E-state index is 0.00354. The number of likely N-dealkylation sites (tertiary alicyclic amines) is 1. The number of fused-ring (bicyclic) bond motifs is 1. The summed E-state index contributed by atoms with van der Waals surface area (Å²) in [7, 11) is 0. The molecule has 0 radical (unpaired) electrons. The molecule has 3 heteroatoms. The second-order valence-electron chi connectivity index (χ2n) is 4.53. The van der Waals surface area contributed by atoms with Gasteiger partial charge in [0.05, 0.1) is 6.10 Å². The number of nitrogens with zero attached hydrogens (tertiary/aromatic N) is 1. The number of hydrogen-bond acceptors (Lipinski definition) is 3. The molecule has 1 saturated heterocycles. The fourth-order valence-corrected chi connectivity index (χ4v) is 3.53. The second kappa shape index (κ2) is 4.86. The first-order valence-electron chi connectivity index (χ1n) is 5.79. The first-order chi connectivity index (χ1) is 6.81. The number of aliphatic hydroxyl groups excluding tert-OH is 1. The fraction of sp³-hybridized carbons (Fsp3) is 1.00. The van der Waals surface area contributed by atoms with Gasteiger partial charge in [-0.3, -0.25) is 0 Å². The topological polar surface area (TPSA) is 23.5 Å². The predicted molar refractivity (Wildman–Crippen MR) is 61.7 cm³/mol. The molecular weight excluding hydrogens is 194 g/mol. The van der Waals surface area contributed by atoms with Gasteiger partial charge in [0.25, 0.3) is 0 Å². The van der Waals surface area contributed by atoms with Crippen molar-refractivity contribution in [2.75, 3.05) is 31.1 Å². The van der Waals surface area contributed by atoms with Crippen LogP contribution >= 0.6 is 11.8 Å². The van der Waals surface area contributed by atoms with Gasteiger partial charge in [0.15, 0.2) is 0 Å². The van der Waals surface area contributed by atoms with Crippen molar-refractivity contribution in [1.82, 2.24) is 4.90 Å². The van der Waals surface area contributed by atoms with Gasteiger partial charge in [-0.2, -0.15) is 11.8 Å². The molecule has 1 aliphatic heterocycles. The molecule has 1 N–H and O–H groups in total. The first-order valence-corrected chi connectivity index (χ1v) is 6.95. The molecule has 1 aliphatic carbocycles. The minimum absolute atomic E-state index is 0.00354. The average molecular weight is 215 g/mol. The number of rotatable bonds is 4. The minimum Gasteiger partial charge on any atom is -0.393 e. The summed E-state index contributed by atoms with van der Waals surface area (Å²) < 4.78 is 0. The standard InChI is InChI=1S/C11H21NOS/c1-2-14-6-5-12-7-9-3-4-11(13)10(9)8-12/h9-11,13H,2-8H2,1H3. The summed E-state index contributed by atoms with van der Waals surface area (Å²) in [6.07, 6.45) is 2.31. The van der Waals surface area contributed by atoms with Crippen molar-refractivity contribution in [2.24, 2.45) is 11.8 Å². The molecule has 1 heterocycles. The Bertz CT molecular complexity index is 188. The van der Waals surface area contributed by atoms with Crippen molar-refractivity contribution in [2.45, 2.75) is 25.9 Å². The van der Waals surface area contributed by atoms with Gasteiger partial charge >= 0.3 is 0 Å². The van der Waals surface area contributed by atoms with Gasteiger partial charge in [-0.15, -0.1) is 0 Å². The maximum atomic E-state index is 9.76. The van der Waals surface area contributed by atoms with Gasteiger partial charge in [-0.25, -0.2) is 0 Å². The lowest BCUT2D eigenvalue weighted by molar-refractivity contribution is 0.125. The van der Waals surface area contributed by atoms with E-state index in [9.17, 15) is 5.11 Å². The van der Waals surface area contributed by atoms with E-state index in [1.54, 1.807) is 0 Å². The molecule has 0 aromatic heterocycles. The molecule has 0 bridgehead atoms. The van der Waals surface area contributed by atoms with E-state index < -0.39 is 0 Å². The summed E-state index contributed by atoms with van der Waals surface area (Å²) in [5.41, 5.74) is 0. The highest BCUT2D eigenvalue weighted by Crippen LogP contribution is 2.37. The molecule has 3 unspecified atom stereocenters. The molecule has 2 aliphatic rings. The lowest BCUT2D eigenvalue weighted by Gasteiger charge is -2.17. The van der Waals surface area contributed by atoms with E-state index in [0.29, 0.717) is 5.92 Å². The summed E-state index contributed by atoms with van der Waals surface area (Å²) in [6.45, 7) is 5.83. The van der Waals surface area contributed by atoms with Crippen LogP contribution in [0, 0.1) is 11.8 Å². The SMILES string of the molecule is CCSCCN1CC2CCC(O)C2C1. The van der Waals surface area contributed by atoms with Crippen LogP contribution in [0.2, 0.25) is 0 Å². The number of thioether (sulfide) groups is 1. The van der Waals surface area contributed by atoms with Crippen LogP contribution in [0.5, 0.6) is 0 Å². The van der Waals surface area contributed by atoms with Gasteiger partial charge in [0, 0.05) is 31.3 Å². The monoisotopic (exact) mass is 215 g/mol. The van der Waals surface area contributed by atoms with E-state index in [4.69, 9.17) is 0 Å². The Hall–Kier alpha value is 0.270. The summed E-state index contributed by atoms with van der Waals surface area (Å²) in [4.78, 5) is 2.54. The quantitative estimate of drug-likeness (QED) is 0.718. The molecule has 3 atom stereocenters. The Balaban J connectivity index is 1.72. The van der Waals surface area contributed by atoms with E-state index in [1.807, 2.05) is 11.8 Å². The highest BCUT2D eigenvalue weighted by atomic mass is 32.2. The van der Waals surface area contributed by atoms with E-state index in [1.165, 1.54) is 31.0 Å². The van der Waals surface area contributed by atoms with Crippen molar-refractivity contribution in [1.29, 1.82) is 0 Å². The molecule has 2 rings (SSSR count). The molecule has 1 saturated carbocycles. The fourth-order valence-electron chi connectivity index (χ4n) is 2.85. The average Bonchev–Trinajstić information content (AvgIpc) is 2.70. The normalized spacial score (nSPS) is 37.7. The molecule has 0 spiro atoms. The summed E-state index contributed by atoms with van der Waals surface area (Å²) in [6, 6.07) is 0. The molecule has 2 fully saturated rings.